The van der Waals surface area contributed by atoms with E-state index in [2.05, 4.69) is 14.8 Å². The third-order valence-corrected chi connectivity index (χ3v) is 2.45. The minimum Gasteiger partial charge on any atom is -0.463 e. The van der Waals surface area contributed by atoms with Crippen LogP contribution in [0.25, 0.3) is 0 Å². The second-order valence-electron chi connectivity index (χ2n) is 3.15. The van der Waals surface area contributed by atoms with Crippen LogP contribution in [0.15, 0.2) is 14.6 Å². The Balaban J connectivity index is 2.54. The Morgan fingerprint density at radius 2 is 2.17 bits per heavy atom. The molecule has 100 valence electrons. The fourth-order valence-electron chi connectivity index (χ4n) is 1.03. The van der Waals surface area contributed by atoms with Crippen LogP contribution in [0.4, 0.5) is 0 Å². The number of ether oxygens (including phenoxy) is 2. The van der Waals surface area contributed by atoms with Crippen molar-refractivity contribution in [1.82, 2.24) is 14.8 Å². The number of carbonyl (C=O) groups excluding carboxylic acids is 1. The first kappa shape index (κ1) is 14.5. The van der Waals surface area contributed by atoms with Crippen molar-refractivity contribution in [3.63, 3.8) is 0 Å². The number of esters is 1. The summed E-state index contributed by atoms with van der Waals surface area (Å²) in [5, 5.41) is 3.99. The SMILES string of the molecule is CSc1nn(COCCOC(C)=O)c(=O)[nH]c1=O. The fourth-order valence-corrected chi connectivity index (χ4v) is 1.45. The van der Waals surface area contributed by atoms with Crippen LogP contribution in [0.3, 0.4) is 0 Å². The van der Waals surface area contributed by atoms with E-state index in [0.717, 1.165) is 16.4 Å². The molecule has 9 heteroatoms. The Hall–Kier alpha value is -1.61. The van der Waals surface area contributed by atoms with E-state index < -0.39 is 17.2 Å². The van der Waals surface area contributed by atoms with E-state index in [1.807, 2.05) is 0 Å². The van der Waals surface area contributed by atoms with Crippen LogP contribution in [-0.4, -0.2) is 40.2 Å². The number of thioether (sulfide) groups is 1. The second-order valence-corrected chi connectivity index (χ2v) is 3.94. The fraction of sp³-hybridized carbons (Fsp3) is 0.556. The number of rotatable bonds is 6. The standard InChI is InChI=1S/C9H13N3O5S/c1-6(13)17-4-3-16-5-12-9(15)10-7(14)8(11-12)18-2/h3-5H2,1-2H3,(H,10,14,15). The zero-order chi connectivity index (χ0) is 13.5. The van der Waals surface area contributed by atoms with Crippen LogP contribution in [-0.2, 0) is 21.0 Å². The Morgan fingerprint density at radius 3 is 2.78 bits per heavy atom. The van der Waals surface area contributed by atoms with Crippen molar-refractivity contribution < 1.29 is 14.3 Å². The molecule has 0 aromatic carbocycles. The molecule has 8 nitrogen and oxygen atoms in total. The Labute approximate surface area is 106 Å². The van der Waals surface area contributed by atoms with Crippen molar-refractivity contribution in [2.75, 3.05) is 19.5 Å². The second kappa shape index (κ2) is 6.97. The van der Waals surface area contributed by atoms with Gasteiger partial charge < -0.3 is 9.47 Å². The van der Waals surface area contributed by atoms with Gasteiger partial charge in [0.25, 0.3) is 5.56 Å². The molecule has 0 radical (unpaired) electrons. The summed E-state index contributed by atoms with van der Waals surface area (Å²) in [6.07, 6.45) is 1.67. The molecule has 1 aromatic rings. The summed E-state index contributed by atoms with van der Waals surface area (Å²) in [4.78, 5) is 35.2. The highest BCUT2D eigenvalue weighted by Crippen LogP contribution is 2.00. The third-order valence-electron chi connectivity index (χ3n) is 1.80. The van der Waals surface area contributed by atoms with Crippen LogP contribution in [0.5, 0.6) is 0 Å². The normalized spacial score (nSPS) is 10.3. The minimum absolute atomic E-state index is 0.100. The number of aromatic amines is 1. The van der Waals surface area contributed by atoms with E-state index in [1.54, 1.807) is 6.26 Å². The molecule has 1 N–H and O–H groups in total. The molecule has 18 heavy (non-hydrogen) atoms. The van der Waals surface area contributed by atoms with Crippen molar-refractivity contribution in [3.05, 3.63) is 20.8 Å². The van der Waals surface area contributed by atoms with Gasteiger partial charge >= 0.3 is 11.7 Å². The molecule has 0 unspecified atom stereocenters. The Kier molecular flexibility index (Phi) is 5.59. The van der Waals surface area contributed by atoms with Gasteiger partial charge in [-0.2, -0.15) is 9.78 Å². The van der Waals surface area contributed by atoms with Crippen molar-refractivity contribution in [1.29, 1.82) is 0 Å². The molecular formula is C9H13N3O5S. The first-order valence-corrected chi connectivity index (χ1v) is 6.23. The molecule has 0 aliphatic heterocycles. The van der Waals surface area contributed by atoms with Crippen molar-refractivity contribution >= 4 is 17.7 Å². The number of nitrogens with zero attached hydrogens (tertiary/aromatic N) is 2. The van der Waals surface area contributed by atoms with E-state index in [9.17, 15) is 14.4 Å². The van der Waals surface area contributed by atoms with Crippen molar-refractivity contribution in [3.8, 4) is 0 Å². The highest BCUT2D eigenvalue weighted by atomic mass is 32.2. The topological polar surface area (TPSA) is 103 Å². The van der Waals surface area contributed by atoms with Gasteiger partial charge in [-0.3, -0.25) is 14.6 Å². The molecule has 0 saturated heterocycles. The van der Waals surface area contributed by atoms with Gasteiger partial charge in [0.1, 0.15) is 13.3 Å². The summed E-state index contributed by atoms with van der Waals surface area (Å²) in [6.45, 7) is 1.41. The van der Waals surface area contributed by atoms with E-state index in [1.165, 1.54) is 6.92 Å². The minimum atomic E-state index is -0.648. The van der Waals surface area contributed by atoms with E-state index in [0.29, 0.717) is 0 Å². The smallest absolute Gasteiger partial charge is 0.347 e. The maximum atomic E-state index is 11.4. The lowest BCUT2D eigenvalue weighted by molar-refractivity contribution is -0.143. The molecule has 0 aliphatic carbocycles. The van der Waals surface area contributed by atoms with E-state index in [4.69, 9.17) is 4.74 Å². The molecule has 0 amide bonds. The van der Waals surface area contributed by atoms with Gasteiger partial charge in [-0.25, -0.2) is 4.79 Å². The predicted molar refractivity (Wildman–Crippen MR) is 63.5 cm³/mol. The van der Waals surface area contributed by atoms with Gasteiger partial charge in [0.05, 0.1) is 6.61 Å². The quantitative estimate of drug-likeness (QED) is 0.411. The van der Waals surface area contributed by atoms with Crippen LogP contribution >= 0.6 is 11.8 Å². The average Bonchev–Trinajstić information content (AvgIpc) is 2.30. The number of carbonyl (C=O) groups is 1. The molecule has 0 fully saturated rings. The highest BCUT2D eigenvalue weighted by molar-refractivity contribution is 7.98. The van der Waals surface area contributed by atoms with Crippen LogP contribution in [0.1, 0.15) is 6.92 Å². The van der Waals surface area contributed by atoms with E-state index >= 15 is 0 Å². The van der Waals surface area contributed by atoms with Gasteiger partial charge in [-0.05, 0) is 6.26 Å². The number of aromatic nitrogens is 3. The summed E-state index contributed by atoms with van der Waals surface area (Å²) in [5.41, 5.74) is -1.17. The molecule has 0 bridgehead atoms. The zero-order valence-electron chi connectivity index (χ0n) is 9.97. The predicted octanol–water partition coefficient (Wildman–Crippen LogP) is -0.809. The van der Waals surface area contributed by atoms with Crippen LogP contribution < -0.4 is 11.2 Å². The summed E-state index contributed by atoms with van der Waals surface area (Å²) in [6, 6.07) is 0. The average molecular weight is 275 g/mol. The monoisotopic (exact) mass is 275 g/mol. The number of H-pyrrole nitrogens is 1. The van der Waals surface area contributed by atoms with Crippen LogP contribution in [0, 0.1) is 0 Å². The Morgan fingerprint density at radius 1 is 1.44 bits per heavy atom. The summed E-state index contributed by atoms with van der Waals surface area (Å²) < 4.78 is 10.7. The molecule has 1 heterocycles. The molecule has 0 spiro atoms. The third kappa shape index (κ3) is 4.34. The highest BCUT2D eigenvalue weighted by Gasteiger charge is 2.05. The van der Waals surface area contributed by atoms with Crippen molar-refractivity contribution in [2.45, 2.75) is 18.7 Å². The summed E-state index contributed by atoms with van der Waals surface area (Å²) in [5.74, 6) is -0.400. The zero-order valence-corrected chi connectivity index (χ0v) is 10.8. The molecule has 0 atom stereocenters. The van der Waals surface area contributed by atoms with Gasteiger partial charge in [0.15, 0.2) is 5.03 Å². The lowest BCUT2D eigenvalue weighted by atomic mass is 10.7. The lowest BCUT2D eigenvalue weighted by Crippen LogP contribution is -2.34. The molecular weight excluding hydrogens is 262 g/mol. The molecule has 0 aliphatic rings. The largest absolute Gasteiger partial charge is 0.463 e. The summed E-state index contributed by atoms with van der Waals surface area (Å²) >= 11 is 1.13. The number of nitrogens with one attached hydrogen (secondary N) is 1. The first-order chi connectivity index (χ1) is 8.54. The van der Waals surface area contributed by atoms with E-state index in [-0.39, 0.29) is 25.0 Å². The maximum absolute atomic E-state index is 11.4. The number of hydrogen-bond donors (Lipinski definition) is 1. The van der Waals surface area contributed by atoms with Gasteiger partial charge in [0, 0.05) is 6.92 Å². The Bertz CT molecular complexity index is 524. The molecule has 1 aromatic heterocycles. The molecule has 1 rings (SSSR count). The first-order valence-electron chi connectivity index (χ1n) is 5.01. The van der Waals surface area contributed by atoms with Gasteiger partial charge in [0.2, 0.25) is 0 Å². The van der Waals surface area contributed by atoms with Crippen molar-refractivity contribution in [2.24, 2.45) is 0 Å². The van der Waals surface area contributed by atoms with Gasteiger partial charge in [-0.1, -0.05) is 0 Å². The van der Waals surface area contributed by atoms with Crippen LogP contribution in [0.2, 0.25) is 0 Å². The lowest BCUT2D eigenvalue weighted by Gasteiger charge is -2.06. The summed E-state index contributed by atoms with van der Waals surface area (Å²) in [7, 11) is 0. The maximum Gasteiger partial charge on any atom is 0.347 e. The number of hydrogen-bond acceptors (Lipinski definition) is 7. The molecule has 0 saturated carbocycles. The van der Waals surface area contributed by atoms with Gasteiger partial charge in [-0.15, -0.1) is 11.8 Å².